The normalized spacial score (nSPS) is 12.0. The highest BCUT2D eigenvalue weighted by Crippen LogP contribution is 2.34. The highest BCUT2D eigenvalue weighted by molar-refractivity contribution is 8.01. The first-order valence-corrected chi connectivity index (χ1v) is 4.67. The number of thioether (sulfide) groups is 1. The van der Waals surface area contributed by atoms with Crippen LogP contribution in [0.4, 0.5) is 13.2 Å². The van der Waals surface area contributed by atoms with Gasteiger partial charge in [0.25, 0.3) is 0 Å². The summed E-state index contributed by atoms with van der Waals surface area (Å²) in [6.07, 6.45) is -4.38. The molecule has 1 aromatic heterocycles. The van der Waals surface area contributed by atoms with E-state index in [1.54, 1.807) is 0 Å². The van der Waals surface area contributed by atoms with E-state index in [1.165, 1.54) is 0 Å². The van der Waals surface area contributed by atoms with Crippen molar-refractivity contribution >= 4 is 23.1 Å². The van der Waals surface area contributed by atoms with Gasteiger partial charge in [0.05, 0.1) is 0 Å². The van der Waals surface area contributed by atoms with E-state index in [4.69, 9.17) is 0 Å². The van der Waals surface area contributed by atoms with Crippen molar-refractivity contribution in [2.24, 2.45) is 0 Å². The van der Waals surface area contributed by atoms with Gasteiger partial charge in [-0.05, 0) is 6.92 Å². The van der Waals surface area contributed by atoms with Crippen molar-refractivity contribution in [1.82, 2.24) is 10.2 Å². The summed E-state index contributed by atoms with van der Waals surface area (Å²) in [5, 5.41) is 5.44. The first-order chi connectivity index (χ1) is 5.54. The molecule has 0 saturated carbocycles. The van der Waals surface area contributed by atoms with Crippen LogP contribution in [-0.4, -0.2) is 16.0 Å². The number of hydrogen-bond acceptors (Lipinski definition) is 4. The highest BCUT2D eigenvalue weighted by atomic mass is 32.2. The van der Waals surface area contributed by atoms with Gasteiger partial charge in [-0.25, -0.2) is 0 Å². The molecule has 0 atom stereocenters. The van der Waals surface area contributed by atoms with Gasteiger partial charge < -0.3 is 0 Å². The fourth-order valence-corrected chi connectivity index (χ4v) is 1.91. The number of nitrogens with zero attached hydrogens (tertiary/aromatic N) is 2. The van der Waals surface area contributed by atoms with Crippen LogP contribution in [0, 0.1) is 6.92 Å². The van der Waals surface area contributed by atoms with Gasteiger partial charge in [0.15, 0.2) is 4.34 Å². The predicted octanol–water partition coefficient (Wildman–Crippen LogP) is 2.48. The third kappa shape index (κ3) is 2.34. The van der Waals surface area contributed by atoms with Crippen LogP contribution in [0.1, 0.15) is 5.01 Å². The van der Waals surface area contributed by atoms with E-state index in [2.05, 4.69) is 17.1 Å². The molecule has 0 fully saturated rings. The fourth-order valence-electron chi connectivity index (χ4n) is 0.470. The largest absolute Gasteiger partial charge is 0.445 e. The number of hydrogen-bond donors (Lipinski definition) is 0. The predicted molar refractivity (Wildman–Crippen MR) is 41.0 cm³/mol. The summed E-state index contributed by atoms with van der Waals surface area (Å²) in [4.78, 5) is 0. The average Bonchev–Trinajstić information content (AvgIpc) is 2.35. The zero-order valence-electron chi connectivity index (χ0n) is 5.76. The van der Waals surface area contributed by atoms with Crippen LogP contribution in [0.2, 0.25) is 0 Å². The minimum Gasteiger partial charge on any atom is -0.164 e. The third-order valence-corrected chi connectivity index (χ3v) is 2.77. The lowest BCUT2D eigenvalue weighted by Gasteiger charge is -1.97. The Bertz CT molecular complexity index is 257. The first-order valence-electron chi connectivity index (χ1n) is 2.87. The van der Waals surface area contributed by atoms with E-state index >= 15 is 0 Å². The van der Waals surface area contributed by atoms with Gasteiger partial charge in [-0.15, -0.1) is 10.2 Å². The van der Waals surface area contributed by atoms with E-state index < -0.39 is 11.2 Å². The summed E-state index contributed by atoms with van der Waals surface area (Å²) in [6.45, 7) is 3.47. The van der Waals surface area contributed by atoms with E-state index in [-0.39, 0.29) is 0 Å². The summed E-state index contributed by atoms with van der Waals surface area (Å²) in [5.74, 6) is 0.451. The van der Waals surface area contributed by atoms with Crippen molar-refractivity contribution in [3.8, 4) is 0 Å². The molecule has 7 heteroatoms. The van der Waals surface area contributed by atoms with Crippen LogP contribution in [-0.2, 0) is 6.18 Å². The molecular weight excluding hydrogens is 209 g/mol. The molecule has 0 N–H and O–H groups in total. The lowest BCUT2D eigenvalue weighted by Crippen LogP contribution is -2.03. The zero-order chi connectivity index (χ0) is 9.19. The highest BCUT2D eigenvalue weighted by Gasteiger charge is 2.35. The molecule has 0 aliphatic rings. The number of halogens is 3. The average molecular weight is 213 g/mol. The van der Waals surface area contributed by atoms with Crippen LogP contribution in [0.5, 0.6) is 0 Å². The van der Waals surface area contributed by atoms with Crippen LogP contribution in [0.15, 0.2) is 4.34 Å². The Balaban J connectivity index is 2.77. The van der Waals surface area contributed by atoms with E-state index in [0.717, 1.165) is 11.8 Å². The first kappa shape index (κ1) is 9.79. The molecule has 0 aliphatic heterocycles. The Kier molecular flexibility index (Phi) is 2.94. The van der Waals surface area contributed by atoms with Gasteiger partial charge in [-0.1, -0.05) is 23.1 Å². The maximum Gasteiger partial charge on any atom is 0.445 e. The van der Waals surface area contributed by atoms with Crippen molar-refractivity contribution < 1.29 is 13.2 Å². The molecule has 0 amide bonds. The Morgan fingerprint density at radius 2 is 2.08 bits per heavy atom. The molecule has 0 unspecified atom stereocenters. The topological polar surface area (TPSA) is 25.8 Å². The zero-order valence-corrected chi connectivity index (χ0v) is 7.39. The van der Waals surface area contributed by atoms with Crippen molar-refractivity contribution in [1.29, 1.82) is 0 Å². The Morgan fingerprint density at radius 3 is 2.50 bits per heavy atom. The molecule has 0 aromatic carbocycles. The lowest BCUT2D eigenvalue weighted by molar-refractivity contribution is -0.138. The van der Waals surface area contributed by atoms with Crippen molar-refractivity contribution in [2.75, 3.05) is 5.75 Å². The van der Waals surface area contributed by atoms with E-state index in [9.17, 15) is 13.2 Å². The third-order valence-electron chi connectivity index (χ3n) is 0.874. The van der Waals surface area contributed by atoms with Crippen molar-refractivity contribution in [3.63, 3.8) is 0 Å². The van der Waals surface area contributed by atoms with Crippen LogP contribution < -0.4 is 0 Å². The molecular formula is C5H4F3N2S2. The summed E-state index contributed by atoms with van der Waals surface area (Å²) >= 11 is 1.69. The van der Waals surface area contributed by atoms with Crippen LogP contribution in [0.25, 0.3) is 0 Å². The minimum atomic E-state index is -4.38. The summed E-state index contributed by atoms with van der Waals surface area (Å²) in [6, 6.07) is 0. The van der Waals surface area contributed by atoms with Gasteiger partial charge >= 0.3 is 6.18 Å². The second kappa shape index (κ2) is 3.61. The Hall–Kier alpha value is -0.300. The molecule has 1 rings (SSSR count). The molecule has 0 bridgehead atoms. The molecule has 1 radical (unpaired) electrons. The summed E-state index contributed by atoms with van der Waals surface area (Å²) < 4.78 is 36.1. The smallest absolute Gasteiger partial charge is 0.164 e. The second-order valence-electron chi connectivity index (χ2n) is 1.72. The summed E-state index contributed by atoms with van der Waals surface area (Å²) in [7, 11) is 0. The number of aromatic nitrogens is 2. The second-order valence-corrected chi connectivity index (χ2v) is 4.04. The molecule has 2 nitrogen and oxygen atoms in total. The molecule has 0 aliphatic carbocycles. The molecule has 1 aromatic rings. The number of alkyl halides is 3. The minimum absolute atomic E-state index is 0.303. The monoisotopic (exact) mass is 213 g/mol. The molecule has 0 saturated heterocycles. The Labute approximate surface area is 75.2 Å². The van der Waals surface area contributed by atoms with Gasteiger partial charge in [0.1, 0.15) is 0 Å². The quantitative estimate of drug-likeness (QED) is 0.706. The lowest BCUT2D eigenvalue weighted by atomic mass is 10.7. The maximum atomic E-state index is 11.9. The molecule has 0 spiro atoms. The maximum absolute atomic E-state index is 11.9. The number of rotatable bonds is 2. The van der Waals surface area contributed by atoms with Crippen LogP contribution >= 0.6 is 23.1 Å². The Morgan fingerprint density at radius 1 is 1.42 bits per heavy atom. The van der Waals surface area contributed by atoms with Gasteiger partial charge in [0, 0.05) is 5.75 Å². The molecule has 1 heterocycles. The van der Waals surface area contributed by atoms with Crippen molar-refractivity contribution in [2.45, 2.75) is 10.5 Å². The van der Waals surface area contributed by atoms with Gasteiger partial charge in [0.2, 0.25) is 5.01 Å². The van der Waals surface area contributed by atoms with Gasteiger partial charge in [-0.2, -0.15) is 13.2 Å². The SMILES string of the molecule is [CH2]CSc1nnc(C(F)(F)F)s1. The molecule has 67 valence electrons. The fraction of sp³-hybridized carbons (Fsp3) is 0.400. The summed E-state index contributed by atoms with van der Waals surface area (Å²) in [5.41, 5.74) is 0. The van der Waals surface area contributed by atoms with Crippen LogP contribution in [0.3, 0.4) is 0 Å². The standard InChI is InChI=1S/C5H4F3N2S2/c1-2-11-4-10-9-3(12-4)5(6,7)8/h1-2H2. The van der Waals surface area contributed by atoms with Gasteiger partial charge in [-0.3, -0.25) is 0 Å². The van der Waals surface area contributed by atoms with E-state index in [0.29, 0.717) is 21.4 Å². The van der Waals surface area contributed by atoms with Crippen molar-refractivity contribution in [3.05, 3.63) is 11.9 Å². The molecule has 12 heavy (non-hydrogen) atoms. The van der Waals surface area contributed by atoms with E-state index in [1.807, 2.05) is 0 Å².